The van der Waals surface area contributed by atoms with E-state index >= 15 is 0 Å². The second-order valence-electron chi connectivity index (χ2n) is 31.3. The van der Waals surface area contributed by atoms with Crippen molar-refractivity contribution in [3.8, 4) is 0 Å². The van der Waals surface area contributed by atoms with Crippen LogP contribution in [0, 0.1) is 23.7 Å². The lowest BCUT2D eigenvalue weighted by molar-refractivity contribution is -0.161. The molecule has 0 rings (SSSR count). The number of unbranched alkanes of at least 4 members (excludes halogenated alkanes) is 44. The summed E-state index contributed by atoms with van der Waals surface area (Å²) in [5.74, 6) is 1.04. The molecule has 0 aromatic rings. The highest BCUT2D eigenvalue weighted by Gasteiger charge is 2.30. The molecule has 0 aliphatic rings. The average molecular weight is 1490 g/mol. The Kier molecular flexibility index (Phi) is 70.6. The SMILES string of the molecule is CCC(C)CCCCCCCCCCCCCCCCC(=O)OC[C@H](COP(=O)(O)OC[C@@H](O)COP(=O)(O)OC[C@@H](COC(=O)CCCCCCCCC(C)C)OC(=O)CCCCCCCCCCCCC(C)CC)OC(=O)CCCCCCCCCCCCCCCCCCCCC(C)C. The highest BCUT2D eigenvalue weighted by atomic mass is 31.2. The number of aliphatic hydroxyl groups excluding tert-OH is 1. The molecular weight excluding hydrogens is 1330 g/mol. The summed E-state index contributed by atoms with van der Waals surface area (Å²) in [6, 6.07) is 0. The highest BCUT2D eigenvalue weighted by molar-refractivity contribution is 7.47. The smallest absolute Gasteiger partial charge is 0.462 e. The first kappa shape index (κ1) is 100. The largest absolute Gasteiger partial charge is 0.472 e. The maximum absolute atomic E-state index is 13.1. The molecule has 102 heavy (non-hydrogen) atoms. The Morgan fingerprint density at radius 3 is 0.696 bits per heavy atom. The lowest BCUT2D eigenvalue weighted by Gasteiger charge is -2.21. The lowest BCUT2D eigenvalue weighted by Crippen LogP contribution is -2.30. The minimum Gasteiger partial charge on any atom is -0.462 e. The molecule has 0 bridgehead atoms. The number of ether oxygens (including phenoxy) is 4. The number of esters is 4. The standard InChI is InChI=1S/C83H162O17P2/c1-9-75(7)61-53-45-36-30-24-20-17-18-21-25-32-38-47-55-63-80(85)93-69-78(99-82(87)65-57-49-39-33-26-22-16-14-12-11-13-15-19-23-29-35-43-51-59-73(3)4)71-97-101(89,90)95-67-77(84)68-96-102(91,92)98-72-79(70-94-81(86)64-56-48-42-41-44-52-60-74(5)6)100-83(88)66-58-50-40-34-28-27-31-37-46-54-62-76(8)10-2/h73-79,84H,9-72H2,1-8H3,(H,89,90)(H,91,92)/t75?,76?,77-,78-,79-/m1/s1. The van der Waals surface area contributed by atoms with Gasteiger partial charge in [-0.2, -0.15) is 0 Å². The fourth-order valence-electron chi connectivity index (χ4n) is 12.7. The molecule has 0 aliphatic carbocycles. The van der Waals surface area contributed by atoms with Crippen molar-refractivity contribution in [2.24, 2.45) is 23.7 Å². The van der Waals surface area contributed by atoms with Gasteiger partial charge in [-0.25, -0.2) is 9.13 Å². The first-order valence-electron chi connectivity index (χ1n) is 42.8. The summed E-state index contributed by atoms with van der Waals surface area (Å²) in [7, 11) is -9.92. The lowest BCUT2D eigenvalue weighted by atomic mass is 9.99. The van der Waals surface area contributed by atoms with Gasteiger partial charge in [0.15, 0.2) is 12.2 Å². The summed E-state index contributed by atoms with van der Waals surface area (Å²) >= 11 is 0. The third kappa shape index (κ3) is 73.6. The number of carbonyl (C=O) groups is 4. The van der Waals surface area contributed by atoms with Gasteiger partial charge >= 0.3 is 39.5 Å². The van der Waals surface area contributed by atoms with E-state index in [9.17, 15) is 43.2 Å². The monoisotopic (exact) mass is 1490 g/mol. The van der Waals surface area contributed by atoms with Gasteiger partial charge in [0.05, 0.1) is 26.4 Å². The van der Waals surface area contributed by atoms with Crippen molar-refractivity contribution in [1.82, 2.24) is 0 Å². The number of carbonyl (C=O) groups excluding carboxylic acids is 4. The fraction of sp³-hybridized carbons (Fsp3) is 0.952. The summed E-state index contributed by atoms with van der Waals surface area (Å²) in [4.78, 5) is 73.0. The molecule has 0 saturated heterocycles. The Balaban J connectivity index is 5.22. The topological polar surface area (TPSA) is 237 Å². The second kappa shape index (κ2) is 72.0. The first-order valence-corrected chi connectivity index (χ1v) is 45.8. The normalized spacial score (nSPS) is 14.5. The molecule has 0 spiro atoms. The molecule has 0 aliphatic heterocycles. The molecule has 606 valence electrons. The van der Waals surface area contributed by atoms with E-state index in [1.807, 2.05) is 0 Å². The predicted molar refractivity (Wildman–Crippen MR) is 418 cm³/mol. The van der Waals surface area contributed by atoms with Crippen molar-refractivity contribution >= 4 is 39.5 Å². The molecule has 17 nitrogen and oxygen atoms in total. The quantitative estimate of drug-likeness (QED) is 0.0222. The molecule has 0 amide bonds. The van der Waals surface area contributed by atoms with Gasteiger partial charge in [0.2, 0.25) is 0 Å². The molecular formula is C83H162O17P2. The number of phosphoric ester groups is 2. The van der Waals surface area contributed by atoms with Crippen molar-refractivity contribution in [2.45, 2.75) is 446 Å². The van der Waals surface area contributed by atoms with Gasteiger partial charge in [0.25, 0.3) is 0 Å². The van der Waals surface area contributed by atoms with Crippen LogP contribution in [-0.4, -0.2) is 96.7 Å². The second-order valence-corrected chi connectivity index (χ2v) is 34.2. The van der Waals surface area contributed by atoms with E-state index in [1.54, 1.807) is 0 Å². The number of hydrogen-bond acceptors (Lipinski definition) is 15. The van der Waals surface area contributed by atoms with E-state index < -0.39 is 97.5 Å². The van der Waals surface area contributed by atoms with E-state index in [4.69, 9.17) is 37.0 Å². The number of rotatable bonds is 80. The molecule has 19 heteroatoms. The van der Waals surface area contributed by atoms with Crippen molar-refractivity contribution in [3.05, 3.63) is 0 Å². The van der Waals surface area contributed by atoms with Crippen molar-refractivity contribution in [2.75, 3.05) is 39.6 Å². The maximum atomic E-state index is 13.1. The Morgan fingerprint density at radius 2 is 0.471 bits per heavy atom. The van der Waals surface area contributed by atoms with Crippen LogP contribution in [0.3, 0.4) is 0 Å². The Hall–Kier alpha value is -1.94. The molecule has 4 unspecified atom stereocenters. The number of aliphatic hydroxyl groups is 1. The van der Waals surface area contributed by atoms with Crippen LogP contribution in [0.5, 0.6) is 0 Å². The van der Waals surface area contributed by atoms with Crippen LogP contribution >= 0.6 is 15.6 Å². The van der Waals surface area contributed by atoms with E-state index in [2.05, 4.69) is 55.4 Å². The van der Waals surface area contributed by atoms with Crippen LogP contribution < -0.4 is 0 Å². The zero-order valence-electron chi connectivity index (χ0n) is 67.2. The van der Waals surface area contributed by atoms with Gasteiger partial charge in [-0.1, -0.05) is 376 Å². The van der Waals surface area contributed by atoms with Crippen molar-refractivity contribution < 1.29 is 80.2 Å². The number of hydrogen-bond donors (Lipinski definition) is 3. The minimum atomic E-state index is -4.96. The van der Waals surface area contributed by atoms with E-state index in [1.165, 1.54) is 225 Å². The van der Waals surface area contributed by atoms with Crippen LogP contribution in [0.25, 0.3) is 0 Å². The van der Waals surface area contributed by atoms with Gasteiger partial charge in [-0.15, -0.1) is 0 Å². The van der Waals surface area contributed by atoms with Gasteiger partial charge in [0.1, 0.15) is 19.3 Å². The molecule has 0 fully saturated rings. The van der Waals surface area contributed by atoms with Crippen LogP contribution in [0.4, 0.5) is 0 Å². The van der Waals surface area contributed by atoms with E-state index in [-0.39, 0.29) is 25.7 Å². The zero-order valence-corrected chi connectivity index (χ0v) is 69.0. The number of phosphoric acid groups is 2. The zero-order chi connectivity index (χ0) is 75.3. The molecule has 0 radical (unpaired) electrons. The van der Waals surface area contributed by atoms with Crippen LogP contribution in [-0.2, 0) is 65.4 Å². The van der Waals surface area contributed by atoms with Crippen molar-refractivity contribution in [3.63, 3.8) is 0 Å². The van der Waals surface area contributed by atoms with Crippen molar-refractivity contribution in [1.29, 1.82) is 0 Å². The predicted octanol–water partition coefficient (Wildman–Crippen LogP) is 24.8. The summed E-state index contributed by atoms with van der Waals surface area (Å²) in [6.07, 6.45) is 59.8. The molecule has 0 aromatic carbocycles. The summed E-state index contributed by atoms with van der Waals surface area (Å²) in [5.41, 5.74) is 0. The van der Waals surface area contributed by atoms with Crippen LogP contribution in [0.2, 0.25) is 0 Å². The Labute approximate surface area is 626 Å². The molecule has 0 heterocycles. The van der Waals surface area contributed by atoms with Gasteiger partial charge in [-0.05, 0) is 49.4 Å². The average Bonchev–Trinajstić information content (AvgIpc) is 0.908. The molecule has 0 saturated carbocycles. The van der Waals surface area contributed by atoms with Gasteiger partial charge < -0.3 is 33.8 Å². The minimum absolute atomic E-state index is 0.105. The van der Waals surface area contributed by atoms with Crippen LogP contribution in [0.15, 0.2) is 0 Å². The summed E-state index contributed by atoms with van der Waals surface area (Å²) in [6.45, 7) is 14.3. The molecule has 0 aromatic heterocycles. The highest BCUT2D eigenvalue weighted by Crippen LogP contribution is 2.45. The molecule has 3 N–H and O–H groups in total. The van der Waals surface area contributed by atoms with Gasteiger partial charge in [0, 0.05) is 25.7 Å². The fourth-order valence-corrected chi connectivity index (χ4v) is 14.3. The maximum Gasteiger partial charge on any atom is 0.472 e. The van der Waals surface area contributed by atoms with Crippen LogP contribution in [0.1, 0.15) is 428 Å². The summed E-state index contributed by atoms with van der Waals surface area (Å²) in [5, 5.41) is 10.6. The summed E-state index contributed by atoms with van der Waals surface area (Å²) < 4.78 is 68.7. The van der Waals surface area contributed by atoms with E-state index in [0.717, 1.165) is 114 Å². The third-order valence-electron chi connectivity index (χ3n) is 20.0. The van der Waals surface area contributed by atoms with Gasteiger partial charge in [-0.3, -0.25) is 37.3 Å². The Morgan fingerprint density at radius 1 is 0.275 bits per heavy atom. The first-order chi connectivity index (χ1) is 49.2. The Bertz CT molecular complexity index is 1990. The van der Waals surface area contributed by atoms with E-state index in [0.29, 0.717) is 31.6 Å². The third-order valence-corrected chi connectivity index (χ3v) is 21.9. The molecule has 7 atom stereocenters.